The number of carboxylic acids is 1. The molecular formula is C29H34F3N3O4S. The van der Waals surface area contributed by atoms with Gasteiger partial charge in [0.1, 0.15) is 6.54 Å². The third-order valence-corrected chi connectivity index (χ3v) is 9.67. The first-order valence-electron chi connectivity index (χ1n) is 13.9. The van der Waals surface area contributed by atoms with Crippen LogP contribution in [0.2, 0.25) is 0 Å². The zero-order valence-corrected chi connectivity index (χ0v) is 23.2. The van der Waals surface area contributed by atoms with Crippen molar-refractivity contribution >= 4 is 29.1 Å². The van der Waals surface area contributed by atoms with Crippen LogP contribution in [0.1, 0.15) is 96.1 Å². The van der Waals surface area contributed by atoms with Crippen LogP contribution in [-0.4, -0.2) is 46.6 Å². The Labute approximate surface area is 235 Å². The Morgan fingerprint density at radius 1 is 1.07 bits per heavy atom. The van der Waals surface area contributed by atoms with Crippen molar-refractivity contribution in [3.05, 3.63) is 40.0 Å². The van der Waals surface area contributed by atoms with Crippen molar-refractivity contribution in [2.45, 2.75) is 88.8 Å². The van der Waals surface area contributed by atoms with Gasteiger partial charge in [0.05, 0.1) is 16.5 Å². The second kappa shape index (κ2) is 11.1. The van der Waals surface area contributed by atoms with Crippen molar-refractivity contribution in [1.82, 2.24) is 15.6 Å². The molecule has 0 radical (unpaired) electrons. The maximum absolute atomic E-state index is 13.1. The number of hydrogen-bond acceptors (Lipinski definition) is 5. The number of amides is 2. The van der Waals surface area contributed by atoms with Gasteiger partial charge in [-0.05, 0) is 72.8 Å². The Balaban J connectivity index is 1.46. The van der Waals surface area contributed by atoms with Crippen LogP contribution in [-0.2, 0) is 16.6 Å². The minimum atomic E-state index is -4.52. The van der Waals surface area contributed by atoms with E-state index in [4.69, 9.17) is 10.1 Å². The van der Waals surface area contributed by atoms with Gasteiger partial charge in [-0.3, -0.25) is 14.4 Å². The molecule has 40 heavy (non-hydrogen) atoms. The van der Waals surface area contributed by atoms with E-state index in [-0.39, 0.29) is 27.9 Å². The number of aromatic nitrogens is 1. The summed E-state index contributed by atoms with van der Waals surface area (Å²) in [6, 6.07) is 5.04. The van der Waals surface area contributed by atoms with Gasteiger partial charge in [-0.15, -0.1) is 11.3 Å². The van der Waals surface area contributed by atoms with Crippen molar-refractivity contribution < 1.29 is 32.7 Å². The number of nitrogens with one attached hydrogen (secondary N) is 2. The molecule has 3 N–H and O–H groups in total. The molecule has 0 unspecified atom stereocenters. The molecule has 1 heterocycles. The number of carbonyl (C=O) groups excluding carboxylic acids is 2. The molecule has 0 atom stereocenters. The maximum Gasteiger partial charge on any atom is 0.405 e. The number of benzene rings is 1. The van der Waals surface area contributed by atoms with Crippen molar-refractivity contribution in [2.75, 3.05) is 6.54 Å². The van der Waals surface area contributed by atoms with E-state index in [1.54, 1.807) is 12.1 Å². The maximum atomic E-state index is 13.1. The minimum Gasteiger partial charge on any atom is -0.481 e. The number of carboxylic acid groups (broad SMARTS) is 1. The molecule has 3 fully saturated rings. The number of aliphatic carboxylic acids is 1. The van der Waals surface area contributed by atoms with Gasteiger partial charge in [-0.2, -0.15) is 13.2 Å². The summed E-state index contributed by atoms with van der Waals surface area (Å²) in [6.45, 7) is 0.658. The lowest BCUT2D eigenvalue weighted by atomic mass is 9.80. The number of thiazole rings is 1. The Morgan fingerprint density at radius 2 is 1.77 bits per heavy atom. The van der Waals surface area contributed by atoms with Crippen LogP contribution in [0.15, 0.2) is 18.2 Å². The average molecular weight is 578 g/mol. The fourth-order valence-corrected chi connectivity index (χ4v) is 6.64. The zero-order chi connectivity index (χ0) is 28.7. The normalized spacial score (nSPS) is 22.3. The predicted octanol–water partition coefficient (Wildman–Crippen LogP) is 5.87. The Hall–Kier alpha value is -2.95. The van der Waals surface area contributed by atoms with Crippen LogP contribution in [0.5, 0.6) is 0 Å². The number of rotatable bonds is 9. The third-order valence-electron chi connectivity index (χ3n) is 8.52. The van der Waals surface area contributed by atoms with Crippen molar-refractivity contribution in [2.24, 2.45) is 11.8 Å². The highest BCUT2D eigenvalue weighted by Crippen LogP contribution is 2.49. The summed E-state index contributed by atoms with van der Waals surface area (Å²) in [7, 11) is 0. The molecule has 11 heteroatoms. The van der Waals surface area contributed by atoms with Gasteiger partial charge in [0.25, 0.3) is 11.8 Å². The van der Waals surface area contributed by atoms with Crippen LogP contribution in [0.3, 0.4) is 0 Å². The molecule has 0 spiro atoms. The molecule has 2 aromatic rings. The number of hydrogen-bond donors (Lipinski definition) is 3. The molecule has 7 nitrogen and oxygen atoms in total. The van der Waals surface area contributed by atoms with E-state index in [2.05, 4.69) is 12.2 Å². The lowest BCUT2D eigenvalue weighted by Crippen LogP contribution is -2.46. The number of carbonyl (C=O) groups is 3. The summed E-state index contributed by atoms with van der Waals surface area (Å²) in [4.78, 5) is 42.5. The fraction of sp³-hybridized carbons (Fsp3) is 0.586. The number of alkyl halides is 3. The highest BCUT2D eigenvalue weighted by molar-refractivity contribution is 7.17. The average Bonchev–Trinajstić information content (AvgIpc) is 3.50. The van der Waals surface area contributed by atoms with E-state index in [9.17, 15) is 27.6 Å². The van der Waals surface area contributed by atoms with Gasteiger partial charge in [0, 0.05) is 11.6 Å². The van der Waals surface area contributed by atoms with E-state index in [0.29, 0.717) is 30.7 Å². The topological polar surface area (TPSA) is 108 Å². The van der Waals surface area contributed by atoms with E-state index >= 15 is 0 Å². The SMILES string of the molecule is CC1(c2cc(C(=O)NCC(F)(F)F)cc(-c3sc(C(=O)N[C@H]4C[C@H](C(=O)O)C4)nc3CC3CCCCC3)c2)CC1. The van der Waals surface area contributed by atoms with Gasteiger partial charge in [-0.25, -0.2) is 4.98 Å². The molecular weight excluding hydrogens is 543 g/mol. The highest BCUT2D eigenvalue weighted by atomic mass is 32.1. The molecule has 3 aliphatic carbocycles. The first-order valence-corrected chi connectivity index (χ1v) is 14.8. The minimum absolute atomic E-state index is 0.144. The third kappa shape index (κ3) is 6.67. The highest BCUT2D eigenvalue weighted by Gasteiger charge is 2.40. The van der Waals surface area contributed by atoms with Gasteiger partial charge >= 0.3 is 12.1 Å². The first kappa shape index (κ1) is 28.6. The summed E-state index contributed by atoms with van der Waals surface area (Å²) < 4.78 is 38.4. The van der Waals surface area contributed by atoms with E-state index in [0.717, 1.165) is 54.7 Å². The summed E-state index contributed by atoms with van der Waals surface area (Å²) in [5.74, 6) is -2.04. The molecule has 3 saturated carbocycles. The van der Waals surface area contributed by atoms with E-state index < -0.39 is 30.5 Å². The second-order valence-corrected chi connectivity index (χ2v) is 12.8. The van der Waals surface area contributed by atoms with Crippen LogP contribution in [0.4, 0.5) is 13.2 Å². The lowest BCUT2D eigenvalue weighted by Gasteiger charge is -2.32. The van der Waals surface area contributed by atoms with Gasteiger partial charge < -0.3 is 15.7 Å². The quantitative estimate of drug-likeness (QED) is 0.346. The fourth-order valence-electron chi connectivity index (χ4n) is 5.66. The van der Waals surface area contributed by atoms with Crippen molar-refractivity contribution in [1.29, 1.82) is 0 Å². The van der Waals surface area contributed by atoms with Crippen LogP contribution in [0.25, 0.3) is 10.4 Å². The Morgan fingerprint density at radius 3 is 2.40 bits per heavy atom. The predicted molar refractivity (Wildman–Crippen MR) is 144 cm³/mol. The lowest BCUT2D eigenvalue weighted by molar-refractivity contribution is -0.145. The molecule has 2 amide bonds. The largest absolute Gasteiger partial charge is 0.481 e. The zero-order valence-electron chi connectivity index (χ0n) is 22.4. The molecule has 216 valence electrons. The summed E-state index contributed by atoms with van der Waals surface area (Å²) in [5, 5.41) is 14.3. The Bertz CT molecular complexity index is 1290. The van der Waals surface area contributed by atoms with Crippen molar-refractivity contribution in [3.8, 4) is 10.4 Å². The first-order chi connectivity index (χ1) is 18.9. The monoisotopic (exact) mass is 577 g/mol. The summed E-state index contributed by atoms with van der Waals surface area (Å²) in [5.41, 5.74) is 2.34. The molecule has 0 bridgehead atoms. The molecule has 1 aromatic heterocycles. The smallest absolute Gasteiger partial charge is 0.405 e. The van der Waals surface area contributed by atoms with Crippen LogP contribution >= 0.6 is 11.3 Å². The van der Waals surface area contributed by atoms with E-state index in [1.165, 1.54) is 17.8 Å². The molecule has 0 saturated heterocycles. The molecule has 3 aliphatic rings. The second-order valence-electron chi connectivity index (χ2n) is 11.8. The summed E-state index contributed by atoms with van der Waals surface area (Å²) >= 11 is 1.22. The standard InChI is InChI=1S/C29H34F3N3O4S/c1-28(7-8-28)20-11-17(10-18(12-20)24(36)33-15-29(30,31)32)23-22(9-16-5-3-2-4-6-16)35-26(40-23)25(37)34-21-13-19(14-21)27(38)39/h10-12,16,19,21H,2-9,13-15H2,1H3,(H,33,36)(H,34,37)(H,38,39)/t19-,21-. The van der Waals surface area contributed by atoms with Crippen molar-refractivity contribution in [3.63, 3.8) is 0 Å². The summed E-state index contributed by atoms with van der Waals surface area (Å²) in [6.07, 6.45) is 4.38. The number of nitrogens with zero attached hydrogens (tertiary/aromatic N) is 1. The van der Waals surface area contributed by atoms with Gasteiger partial charge in [0.15, 0.2) is 5.01 Å². The number of halogens is 3. The van der Waals surface area contributed by atoms with E-state index in [1.807, 2.05) is 11.4 Å². The molecule has 0 aliphatic heterocycles. The molecule has 1 aromatic carbocycles. The van der Waals surface area contributed by atoms with Crippen LogP contribution < -0.4 is 10.6 Å². The van der Waals surface area contributed by atoms with Gasteiger partial charge in [-0.1, -0.05) is 39.0 Å². The Kier molecular flexibility index (Phi) is 7.96. The van der Waals surface area contributed by atoms with Crippen LogP contribution in [0, 0.1) is 11.8 Å². The van der Waals surface area contributed by atoms with Gasteiger partial charge in [0.2, 0.25) is 0 Å². The molecule has 5 rings (SSSR count).